The Bertz CT molecular complexity index is 463. The van der Waals surface area contributed by atoms with Gasteiger partial charge in [-0.3, -0.25) is 9.59 Å². The lowest BCUT2D eigenvalue weighted by molar-refractivity contribution is -0.123. The van der Waals surface area contributed by atoms with Gasteiger partial charge in [0.2, 0.25) is 11.8 Å². The van der Waals surface area contributed by atoms with Crippen LogP contribution in [0.2, 0.25) is 5.02 Å². The van der Waals surface area contributed by atoms with Gasteiger partial charge in [0.05, 0.1) is 10.7 Å². The van der Waals surface area contributed by atoms with E-state index in [0.717, 1.165) is 6.42 Å². The molecule has 0 aliphatic rings. The lowest BCUT2D eigenvalue weighted by Gasteiger charge is -2.22. The molecule has 0 aliphatic heterocycles. The van der Waals surface area contributed by atoms with E-state index in [1.165, 1.54) is 11.8 Å². The van der Waals surface area contributed by atoms with E-state index in [9.17, 15) is 9.59 Å². The van der Waals surface area contributed by atoms with Gasteiger partial charge in [-0.25, -0.2) is 0 Å². The minimum atomic E-state index is -0.215. The number of benzene rings is 1. The standard InChI is InChI=1S/C14H19ClN2O2/c1-4-10(2)16-14(19)9-17(11(3)18)13-8-6-5-7-12(13)15/h5-8,10H,4,9H2,1-3H3,(H,16,19). The van der Waals surface area contributed by atoms with Crippen LogP contribution in [0.1, 0.15) is 27.2 Å². The third-order valence-electron chi connectivity index (χ3n) is 2.84. The summed E-state index contributed by atoms with van der Waals surface area (Å²) in [5.74, 6) is -0.406. The van der Waals surface area contributed by atoms with Crippen molar-refractivity contribution < 1.29 is 9.59 Å². The average Bonchev–Trinajstić information content (AvgIpc) is 2.36. The molecule has 0 heterocycles. The molecule has 0 aromatic heterocycles. The Kier molecular flexibility index (Phi) is 5.83. The number of halogens is 1. The number of nitrogens with zero attached hydrogens (tertiary/aromatic N) is 1. The van der Waals surface area contributed by atoms with E-state index in [1.807, 2.05) is 13.8 Å². The molecule has 5 heteroatoms. The predicted molar refractivity (Wildman–Crippen MR) is 77.4 cm³/mol. The predicted octanol–water partition coefficient (Wildman–Crippen LogP) is 2.61. The second-order valence-electron chi connectivity index (χ2n) is 4.43. The van der Waals surface area contributed by atoms with E-state index in [1.54, 1.807) is 24.3 Å². The first kappa shape index (κ1) is 15.5. The van der Waals surface area contributed by atoms with Crippen molar-refractivity contribution in [1.82, 2.24) is 5.32 Å². The van der Waals surface area contributed by atoms with Crippen LogP contribution in [-0.4, -0.2) is 24.4 Å². The molecular formula is C14H19ClN2O2. The number of anilines is 1. The Labute approximate surface area is 118 Å². The van der Waals surface area contributed by atoms with Crippen LogP contribution in [0.4, 0.5) is 5.69 Å². The third kappa shape index (κ3) is 4.56. The summed E-state index contributed by atoms with van der Waals surface area (Å²) in [6.45, 7) is 5.30. The van der Waals surface area contributed by atoms with Crippen molar-refractivity contribution in [3.05, 3.63) is 29.3 Å². The quantitative estimate of drug-likeness (QED) is 0.902. The van der Waals surface area contributed by atoms with Crippen molar-refractivity contribution >= 4 is 29.1 Å². The van der Waals surface area contributed by atoms with Crippen molar-refractivity contribution in [2.45, 2.75) is 33.2 Å². The smallest absolute Gasteiger partial charge is 0.240 e. The van der Waals surface area contributed by atoms with Gasteiger partial charge in [0.25, 0.3) is 0 Å². The van der Waals surface area contributed by atoms with Gasteiger partial charge in [-0.15, -0.1) is 0 Å². The second-order valence-corrected chi connectivity index (χ2v) is 4.84. The molecule has 0 radical (unpaired) electrons. The number of para-hydroxylation sites is 1. The number of amides is 2. The topological polar surface area (TPSA) is 49.4 Å². The summed E-state index contributed by atoms with van der Waals surface area (Å²) in [6, 6.07) is 7.07. The van der Waals surface area contributed by atoms with Crippen LogP contribution in [0.3, 0.4) is 0 Å². The average molecular weight is 283 g/mol. The lowest BCUT2D eigenvalue weighted by atomic mass is 10.2. The largest absolute Gasteiger partial charge is 0.352 e. The van der Waals surface area contributed by atoms with E-state index in [2.05, 4.69) is 5.32 Å². The van der Waals surface area contributed by atoms with Crippen molar-refractivity contribution in [1.29, 1.82) is 0 Å². The molecule has 2 amide bonds. The molecule has 1 unspecified atom stereocenters. The summed E-state index contributed by atoms with van der Waals surface area (Å²) in [6.07, 6.45) is 0.845. The van der Waals surface area contributed by atoms with Crippen LogP contribution in [-0.2, 0) is 9.59 Å². The highest BCUT2D eigenvalue weighted by Gasteiger charge is 2.18. The second kappa shape index (κ2) is 7.14. The first-order valence-electron chi connectivity index (χ1n) is 6.27. The zero-order valence-electron chi connectivity index (χ0n) is 11.4. The van der Waals surface area contributed by atoms with Crippen LogP contribution >= 0.6 is 11.6 Å². The van der Waals surface area contributed by atoms with Gasteiger partial charge in [-0.1, -0.05) is 30.7 Å². The molecule has 1 aromatic carbocycles. The minimum absolute atomic E-state index is 0.0244. The number of nitrogens with one attached hydrogen (secondary N) is 1. The first-order chi connectivity index (χ1) is 8.95. The van der Waals surface area contributed by atoms with Gasteiger partial charge in [-0.05, 0) is 25.5 Å². The fourth-order valence-corrected chi connectivity index (χ4v) is 1.84. The molecule has 1 atom stereocenters. The molecular weight excluding hydrogens is 264 g/mol. The van der Waals surface area contributed by atoms with Crippen LogP contribution in [0.15, 0.2) is 24.3 Å². The number of hydrogen-bond acceptors (Lipinski definition) is 2. The molecule has 0 spiro atoms. The van der Waals surface area contributed by atoms with Gasteiger partial charge < -0.3 is 10.2 Å². The molecule has 0 saturated carbocycles. The van der Waals surface area contributed by atoms with Gasteiger partial charge in [0.15, 0.2) is 0 Å². The molecule has 0 bridgehead atoms. The van der Waals surface area contributed by atoms with Gasteiger partial charge in [0, 0.05) is 13.0 Å². The third-order valence-corrected chi connectivity index (χ3v) is 3.16. The maximum absolute atomic E-state index is 11.9. The van der Waals surface area contributed by atoms with Crippen LogP contribution in [0.5, 0.6) is 0 Å². The summed E-state index contributed by atoms with van der Waals surface area (Å²) < 4.78 is 0. The molecule has 104 valence electrons. The van der Waals surface area contributed by atoms with E-state index in [0.29, 0.717) is 10.7 Å². The van der Waals surface area contributed by atoms with Gasteiger partial charge >= 0.3 is 0 Å². The number of hydrogen-bond donors (Lipinski definition) is 1. The van der Waals surface area contributed by atoms with E-state index < -0.39 is 0 Å². The zero-order chi connectivity index (χ0) is 14.4. The summed E-state index contributed by atoms with van der Waals surface area (Å²) >= 11 is 6.05. The molecule has 1 aromatic rings. The highest BCUT2D eigenvalue weighted by molar-refractivity contribution is 6.33. The summed E-state index contributed by atoms with van der Waals surface area (Å²) in [7, 11) is 0. The Morgan fingerprint density at radius 1 is 1.37 bits per heavy atom. The van der Waals surface area contributed by atoms with Crippen molar-refractivity contribution in [3.8, 4) is 0 Å². The highest BCUT2D eigenvalue weighted by Crippen LogP contribution is 2.25. The minimum Gasteiger partial charge on any atom is -0.352 e. The molecule has 4 nitrogen and oxygen atoms in total. The van der Waals surface area contributed by atoms with E-state index >= 15 is 0 Å². The van der Waals surface area contributed by atoms with Crippen LogP contribution in [0.25, 0.3) is 0 Å². The Morgan fingerprint density at radius 3 is 2.53 bits per heavy atom. The summed E-state index contributed by atoms with van der Waals surface area (Å²) in [5.41, 5.74) is 0.552. The fraction of sp³-hybridized carbons (Fsp3) is 0.429. The van der Waals surface area contributed by atoms with Gasteiger partial charge in [-0.2, -0.15) is 0 Å². The number of carbonyl (C=O) groups excluding carboxylic acids is 2. The normalized spacial score (nSPS) is 11.8. The Balaban J connectivity index is 2.83. The molecule has 0 aliphatic carbocycles. The molecule has 0 saturated heterocycles. The Morgan fingerprint density at radius 2 is 2.00 bits per heavy atom. The molecule has 1 N–H and O–H groups in total. The SMILES string of the molecule is CCC(C)NC(=O)CN(C(C)=O)c1ccccc1Cl. The van der Waals surface area contributed by atoms with Crippen molar-refractivity contribution in [2.75, 3.05) is 11.4 Å². The highest BCUT2D eigenvalue weighted by atomic mass is 35.5. The fourth-order valence-electron chi connectivity index (χ4n) is 1.60. The first-order valence-corrected chi connectivity index (χ1v) is 6.65. The van der Waals surface area contributed by atoms with Gasteiger partial charge in [0.1, 0.15) is 6.54 Å². The molecule has 1 rings (SSSR count). The van der Waals surface area contributed by atoms with Crippen molar-refractivity contribution in [3.63, 3.8) is 0 Å². The van der Waals surface area contributed by atoms with Crippen LogP contribution < -0.4 is 10.2 Å². The lowest BCUT2D eigenvalue weighted by Crippen LogP contribution is -2.42. The van der Waals surface area contributed by atoms with Crippen LogP contribution in [0, 0.1) is 0 Å². The maximum Gasteiger partial charge on any atom is 0.240 e. The zero-order valence-corrected chi connectivity index (χ0v) is 12.2. The van der Waals surface area contributed by atoms with Crippen molar-refractivity contribution in [2.24, 2.45) is 0 Å². The Hall–Kier alpha value is -1.55. The monoisotopic (exact) mass is 282 g/mol. The summed E-state index contributed by atoms with van der Waals surface area (Å²) in [5, 5.41) is 3.28. The summed E-state index contributed by atoms with van der Waals surface area (Å²) in [4.78, 5) is 24.9. The number of carbonyl (C=O) groups is 2. The number of rotatable bonds is 5. The molecule has 19 heavy (non-hydrogen) atoms. The maximum atomic E-state index is 11.9. The van der Waals surface area contributed by atoms with E-state index in [-0.39, 0.29) is 24.4 Å². The molecule has 0 fully saturated rings. The van der Waals surface area contributed by atoms with E-state index in [4.69, 9.17) is 11.6 Å².